The number of carbonyl (C=O) groups excluding carboxylic acids is 2. The number of carbonyl (C=O) groups is 3. The third-order valence-electron chi connectivity index (χ3n) is 2.27. The summed E-state index contributed by atoms with van der Waals surface area (Å²) in [5.74, 6) is -1.10. The molecule has 2 amide bonds. The van der Waals surface area contributed by atoms with Crippen molar-refractivity contribution in [2.24, 2.45) is 0 Å². The van der Waals surface area contributed by atoms with Crippen molar-refractivity contribution in [2.45, 2.75) is 11.8 Å². The molecule has 0 aromatic heterocycles. The number of amides is 2. The summed E-state index contributed by atoms with van der Waals surface area (Å²) in [5.41, 5.74) is 0.195. The van der Waals surface area contributed by atoms with Gasteiger partial charge in [0.2, 0.25) is 11.8 Å². The van der Waals surface area contributed by atoms with Crippen molar-refractivity contribution in [3.8, 4) is 0 Å². The predicted molar refractivity (Wildman–Crippen MR) is 75.8 cm³/mol. The summed E-state index contributed by atoms with van der Waals surface area (Å²) in [6.45, 7) is 2.17. The van der Waals surface area contributed by atoms with E-state index < -0.39 is 5.97 Å². The zero-order valence-electron chi connectivity index (χ0n) is 11.0. The van der Waals surface area contributed by atoms with Gasteiger partial charge < -0.3 is 15.7 Å². The minimum atomic E-state index is -0.993. The van der Waals surface area contributed by atoms with Crippen LogP contribution in [0.2, 0.25) is 0 Å². The number of hydrogen-bond donors (Lipinski definition) is 3. The summed E-state index contributed by atoms with van der Waals surface area (Å²) in [6.07, 6.45) is 0. The molecule has 0 fully saturated rings. The number of carboxylic acid groups (broad SMARTS) is 1. The first-order valence-corrected chi connectivity index (χ1v) is 6.95. The first-order valence-electron chi connectivity index (χ1n) is 5.96. The highest BCUT2D eigenvalue weighted by Crippen LogP contribution is 2.18. The molecular weight excluding hydrogens is 280 g/mol. The Labute approximate surface area is 120 Å². The molecule has 0 spiro atoms. The van der Waals surface area contributed by atoms with Crippen LogP contribution < -0.4 is 10.6 Å². The summed E-state index contributed by atoms with van der Waals surface area (Å²) >= 11 is 1.26. The van der Waals surface area contributed by atoms with Crippen LogP contribution in [0.4, 0.5) is 0 Å². The third-order valence-corrected chi connectivity index (χ3v) is 3.27. The number of hydrogen-bond acceptors (Lipinski definition) is 4. The summed E-state index contributed by atoms with van der Waals surface area (Å²) in [5, 5.41) is 14.1. The van der Waals surface area contributed by atoms with E-state index in [4.69, 9.17) is 5.11 Å². The van der Waals surface area contributed by atoms with E-state index in [1.165, 1.54) is 30.8 Å². The molecule has 1 aromatic rings. The van der Waals surface area contributed by atoms with Gasteiger partial charge in [0.15, 0.2) is 0 Å². The molecule has 3 N–H and O–H groups in total. The van der Waals surface area contributed by atoms with Gasteiger partial charge in [-0.3, -0.25) is 9.59 Å². The standard InChI is InChI=1S/C13H16N2O4S/c1-9(16)14-5-6-15-12(17)8-20-11-4-2-3-10(7-11)13(18)19/h2-4,7H,5-6,8H2,1H3,(H,14,16)(H,15,17)(H,18,19). The first kappa shape index (κ1) is 16.0. The number of aromatic carboxylic acids is 1. The molecule has 6 nitrogen and oxygen atoms in total. The molecule has 0 atom stereocenters. The molecular formula is C13H16N2O4S. The second-order valence-corrected chi connectivity index (χ2v) is 5.00. The lowest BCUT2D eigenvalue weighted by molar-refractivity contribution is -0.120. The Kier molecular flexibility index (Phi) is 6.58. The molecule has 7 heteroatoms. The van der Waals surface area contributed by atoms with Crippen molar-refractivity contribution < 1.29 is 19.5 Å². The number of benzene rings is 1. The van der Waals surface area contributed by atoms with E-state index in [2.05, 4.69) is 10.6 Å². The van der Waals surface area contributed by atoms with Gasteiger partial charge in [-0.25, -0.2) is 4.79 Å². The molecule has 0 aliphatic rings. The summed E-state index contributed by atoms with van der Waals surface area (Å²) in [6, 6.07) is 6.42. The van der Waals surface area contributed by atoms with Gasteiger partial charge in [-0.15, -0.1) is 11.8 Å². The highest BCUT2D eigenvalue weighted by molar-refractivity contribution is 8.00. The van der Waals surface area contributed by atoms with E-state index in [-0.39, 0.29) is 23.1 Å². The van der Waals surface area contributed by atoms with Crippen LogP contribution in [0.1, 0.15) is 17.3 Å². The van der Waals surface area contributed by atoms with Crippen molar-refractivity contribution >= 4 is 29.5 Å². The number of thioether (sulfide) groups is 1. The van der Waals surface area contributed by atoms with Crippen LogP contribution in [-0.4, -0.2) is 41.7 Å². The fourth-order valence-electron chi connectivity index (χ4n) is 1.36. The maximum Gasteiger partial charge on any atom is 0.335 e. The maximum atomic E-state index is 11.5. The summed E-state index contributed by atoms with van der Waals surface area (Å²) in [4.78, 5) is 33.7. The minimum absolute atomic E-state index is 0.140. The van der Waals surface area contributed by atoms with Crippen LogP contribution in [-0.2, 0) is 9.59 Å². The minimum Gasteiger partial charge on any atom is -0.478 e. The molecule has 0 saturated carbocycles. The topological polar surface area (TPSA) is 95.5 Å². The monoisotopic (exact) mass is 296 g/mol. The van der Waals surface area contributed by atoms with E-state index in [9.17, 15) is 14.4 Å². The molecule has 0 radical (unpaired) electrons. The molecule has 108 valence electrons. The van der Waals surface area contributed by atoms with Crippen LogP contribution in [0.3, 0.4) is 0 Å². The lowest BCUT2D eigenvalue weighted by atomic mass is 10.2. The number of carboxylic acids is 1. The zero-order valence-corrected chi connectivity index (χ0v) is 11.8. The zero-order chi connectivity index (χ0) is 15.0. The lowest BCUT2D eigenvalue weighted by Gasteiger charge is -2.06. The Morgan fingerprint density at radius 2 is 1.90 bits per heavy atom. The normalized spacial score (nSPS) is 9.85. The van der Waals surface area contributed by atoms with Crippen LogP contribution in [0, 0.1) is 0 Å². The van der Waals surface area contributed by atoms with E-state index in [1.807, 2.05) is 0 Å². The van der Waals surface area contributed by atoms with Crippen molar-refractivity contribution in [1.82, 2.24) is 10.6 Å². The highest BCUT2D eigenvalue weighted by atomic mass is 32.2. The van der Waals surface area contributed by atoms with Gasteiger partial charge in [-0.05, 0) is 18.2 Å². The Hall–Kier alpha value is -2.02. The van der Waals surface area contributed by atoms with E-state index in [0.717, 1.165) is 4.90 Å². The van der Waals surface area contributed by atoms with Gasteiger partial charge in [0, 0.05) is 24.9 Å². The van der Waals surface area contributed by atoms with Gasteiger partial charge in [-0.1, -0.05) is 6.07 Å². The fourth-order valence-corrected chi connectivity index (χ4v) is 2.14. The fraction of sp³-hybridized carbons (Fsp3) is 0.308. The smallest absolute Gasteiger partial charge is 0.335 e. The van der Waals surface area contributed by atoms with E-state index in [1.54, 1.807) is 12.1 Å². The van der Waals surface area contributed by atoms with Crippen LogP contribution in [0.15, 0.2) is 29.2 Å². The molecule has 0 bridgehead atoms. The van der Waals surface area contributed by atoms with E-state index >= 15 is 0 Å². The third kappa shape index (κ3) is 6.24. The van der Waals surface area contributed by atoms with Gasteiger partial charge >= 0.3 is 5.97 Å². The molecule has 1 rings (SSSR count). The van der Waals surface area contributed by atoms with Gasteiger partial charge in [0.05, 0.1) is 11.3 Å². The molecule has 0 unspecified atom stereocenters. The summed E-state index contributed by atoms with van der Waals surface area (Å²) in [7, 11) is 0. The maximum absolute atomic E-state index is 11.5. The predicted octanol–water partition coefficient (Wildman–Crippen LogP) is 0.729. The van der Waals surface area contributed by atoms with Crippen LogP contribution in [0.5, 0.6) is 0 Å². The van der Waals surface area contributed by atoms with Crippen molar-refractivity contribution in [2.75, 3.05) is 18.8 Å². The first-order chi connectivity index (χ1) is 9.49. The van der Waals surface area contributed by atoms with Crippen molar-refractivity contribution in [3.63, 3.8) is 0 Å². The Morgan fingerprint density at radius 3 is 2.55 bits per heavy atom. The SMILES string of the molecule is CC(=O)NCCNC(=O)CSc1cccc(C(=O)O)c1. The lowest BCUT2D eigenvalue weighted by Crippen LogP contribution is -2.34. The Morgan fingerprint density at radius 1 is 1.20 bits per heavy atom. The number of rotatable bonds is 7. The van der Waals surface area contributed by atoms with Crippen molar-refractivity contribution in [3.05, 3.63) is 29.8 Å². The van der Waals surface area contributed by atoms with Crippen molar-refractivity contribution in [1.29, 1.82) is 0 Å². The highest BCUT2D eigenvalue weighted by Gasteiger charge is 2.06. The van der Waals surface area contributed by atoms with E-state index in [0.29, 0.717) is 13.1 Å². The average molecular weight is 296 g/mol. The van der Waals surface area contributed by atoms with Crippen LogP contribution in [0.25, 0.3) is 0 Å². The molecule has 0 saturated heterocycles. The second kappa shape index (κ2) is 8.21. The largest absolute Gasteiger partial charge is 0.478 e. The summed E-state index contributed by atoms with van der Waals surface area (Å²) < 4.78 is 0. The Bertz CT molecular complexity index is 505. The van der Waals surface area contributed by atoms with Gasteiger partial charge in [0.1, 0.15) is 0 Å². The number of nitrogens with one attached hydrogen (secondary N) is 2. The van der Waals surface area contributed by atoms with Gasteiger partial charge in [0.25, 0.3) is 0 Å². The quantitative estimate of drug-likeness (QED) is 0.509. The molecule has 0 heterocycles. The molecule has 20 heavy (non-hydrogen) atoms. The average Bonchev–Trinajstić information content (AvgIpc) is 2.41. The molecule has 0 aliphatic heterocycles. The molecule has 1 aromatic carbocycles. The van der Waals surface area contributed by atoms with Crippen LogP contribution >= 0.6 is 11.8 Å². The molecule has 0 aliphatic carbocycles. The second-order valence-electron chi connectivity index (χ2n) is 3.95. The Balaban J connectivity index is 2.32. The van der Waals surface area contributed by atoms with Gasteiger partial charge in [-0.2, -0.15) is 0 Å².